The Morgan fingerprint density at radius 3 is 2.40 bits per heavy atom. The lowest BCUT2D eigenvalue weighted by molar-refractivity contribution is -0.139. The molecule has 1 aliphatic carbocycles. The van der Waals surface area contributed by atoms with E-state index < -0.39 is 5.97 Å². The second-order valence-electron chi connectivity index (χ2n) is 6.00. The quantitative estimate of drug-likeness (QED) is 0.915. The number of carboxylic acid groups (broad SMARTS) is 1. The van der Waals surface area contributed by atoms with Crippen LogP contribution in [0.1, 0.15) is 24.8 Å². The minimum absolute atomic E-state index is 0.00460. The Kier molecular flexibility index (Phi) is 3.24. The third-order valence-electron chi connectivity index (χ3n) is 4.80. The zero-order valence-corrected chi connectivity index (χ0v) is 11.4. The Bertz CT molecular complexity index is 518. The maximum atomic E-state index is 12.2. The van der Waals surface area contributed by atoms with Gasteiger partial charge in [-0.15, -0.1) is 0 Å². The van der Waals surface area contributed by atoms with Gasteiger partial charge in [0.15, 0.2) is 0 Å². The molecule has 1 aliphatic heterocycles. The van der Waals surface area contributed by atoms with Gasteiger partial charge in [-0.1, -0.05) is 30.3 Å². The van der Waals surface area contributed by atoms with E-state index in [1.165, 1.54) is 0 Å². The van der Waals surface area contributed by atoms with Gasteiger partial charge in [-0.05, 0) is 30.2 Å². The van der Waals surface area contributed by atoms with E-state index in [-0.39, 0.29) is 17.2 Å². The molecule has 2 fully saturated rings. The van der Waals surface area contributed by atoms with Crippen LogP contribution in [0, 0.1) is 11.3 Å². The van der Waals surface area contributed by atoms with Gasteiger partial charge in [0.1, 0.15) is 0 Å². The molecule has 106 valence electrons. The first kappa shape index (κ1) is 13.2. The monoisotopic (exact) mass is 273 g/mol. The van der Waals surface area contributed by atoms with Crippen LogP contribution >= 0.6 is 0 Å². The molecular weight excluding hydrogens is 254 g/mol. The summed E-state index contributed by atoms with van der Waals surface area (Å²) in [5.74, 6) is -0.693. The van der Waals surface area contributed by atoms with E-state index in [4.69, 9.17) is 5.11 Å². The fraction of sp³-hybridized carbons (Fsp3) is 0.500. The maximum Gasteiger partial charge on any atom is 0.307 e. The summed E-state index contributed by atoms with van der Waals surface area (Å²) in [6, 6.07) is 9.75. The van der Waals surface area contributed by atoms with Gasteiger partial charge >= 0.3 is 5.97 Å². The van der Waals surface area contributed by atoms with E-state index >= 15 is 0 Å². The Balaban J connectivity index is 1.54. The van der Waals surface area contributed by atoms with Crippen LogP contribution in [-0.4, -0.2) is 35.0 Å². The zero-order valence-electron chi connectivity index (χ0n) is 11.4. The van der Waals surface area contributed by atoms with Gasteiger partial charge in [0.05, 0.1) is 12.3 Å². The molecule has 1 aromatic rings. The standard InChI is InChI=1S/C16H19NO3/c18-14(10-12-4-2-1-3-5-12)17-8-6-16(7-9-17)11-13(16)15(19)20/h1-5,13H,6-11H2,(H,19,20). The Morgan fingerprint density at radius 1 is 1.20 bits per heavy atom. The second kappa shape index (κ2) is 4.93. The highest BCUT2D eigenvalue weighted by atomic mass is 16.4. The van der Waals surface area contributed by atoms with Crippen molar-refractivity contribution in [1.82, 2.24) is 4.90 Å². The number of rotatable bonds is 3. The smallest absolute Gasteiger partial charge is 0.307 e. The van der Waals surface area contributed by atoms with Gasteiger partial charge in [0.25, 0.3) is 0 Å². The molecule has 0 radical (unpaired) electrons. The van der Waals surface area contributed by atoms with Gasteiger partial charge in [-0.25, -0.2) is 0 Å². The van der Waals surface area contributed by atoms with E-state index in [1.54, 1.807) is 0 Å². The van der Waals surface area contributed by atoms with E-state index in [0.29, 0.717) is 19.5 Å². The molecule has 1 aromatic carbocycles. The third kappa shape index (κ3) is 2.42. The van der Waals surface area contributed by atoms with Crippen molar-refractivity contribution in [2.24, 2.45) is 11.3 Å². The SMILES string of the molecule is O=C(O)C1CC12CCN(C(=O)Cc1ccccc1)CC2. The van der Waals surface area contributed by atoms with Crippen LogP contribution < -0.4 is 0 Å². The highest BCUT2D eigenvalue weighted by Crippen LogP contribution is 2.59. The molecule has 1 heterocycles. The van der Waals surface area contributed by atoms with Crippen LogP contribution in [0.25, 0.3) is 0 Å². The molecule has 20 heavy (non-hydrogen) atoms. The lowest BCUT2D eigenvalue weighted by atomic mass is 9.90. The molecule has 1 N–H and O–H groups in total. The molecule has 1 amide bonds. The zero-order chi connectivity index (χ0) is 14.2. The number of hydrogen-bond donors (Lipinski definition) is 1. The van der Waals surface area contributed by atoms with E-state index in [0.717, 1.165) is 24.8 Å². The minimum Gasteiger partial charge on any atom is -0.481 e. The summed E-state index contributed by atoms with van der Waals surface area (Å²) in [7, 11) is 0. The van der Waals surface area contributed by atoms with Crippen molar-refractivity contribution in [2.45, 2.75) is 25.7 Å². The number of carboxylic acids is 1. The molecule has 0 bridgehead atoms. The third-order valence-corrected chi connectivity index (χ3v) is 4.80. The van der Waals surface area contributed by atoms with E-state index in [9.17, 15) is 9.59 Å². The molecule has 1 unspecified atom stereocenters. The van der Waals surface area contributed by atoms with Gasteiger partial charge in [0.2, 0.25) is 5.91 Å². The topological polar surface area (TPSA) is 57.6 Å². The Labute approximate surface area is 118 Å². The summed E-state index contributed by atoms with van der Waals surface area (Å²) in [4.78, 5) is 25.1. The van der Waals surface area contributed by atoms with Crippen LogP contribution in [0.15, 0.2) is 30.3 Å². The second-order valence-corrected chi connectivity index (χ2v) is 6.00. The van der Waals surface area contributed by atoms with Crippen molar-refractivity contribution in [3.63, 3.8) is 0 Å². The summed E-state index contributed by atoms with van der Waals surface area (Å²) in [6.07, 6.45) is 2.91. The number of likely N-dealkylation sites (tertiary alicyclic amines) is 1. The first-order valence-electron chi connectivity index (χ1n) is 7.15. The molecule has 0 aromatic heterocycles. The fourth-order valence-corrected chi connectivity index (χ4v) is 3.33. The predicted molar refractivity (Wildman–Crippen MR) is 74.1 cm³/mol. The van der Waals surface area contributed by atoms with Crippen LogP contribution in [0.3, 0.4) is 0 Å². The summed E-state index contributed by atoms with van der Waals surface area (Å²) < 4.78 is 0. The summed E-state index contributed by atoms with van der Waals surface area (Å²) >= 11 is 0. The number of hydrogen-bond acceptors (Lipinski definition) is 2. The molecule has 4 heteroatoms. The summed E-state index contributed by atoms with van der Waals surface area (Å²) in [6.45, 7) is 1.41. The van der Waals surface area contributed by atoms with Crippen molar-refractivity contribution in [3.05, 3.63) is 35.9 Å². The van der Waals surface area contributed by atoms with Gasteiger partial charge in [-0.2, -0.15) is 0 Å². The molecule has 1 saturated heterocycles. The number of aliphatic carboxylic acids is 1. The number of nitrogens with zero attached hydrogens (tertiary/aromatic N) is 1. The average molecular weight is 273 g/mol. The van der Waals surface area contributed by atoms with Crippen molar-refractivity contribution in [1.29, 1.82) is 0 Å². The highest BCUT2D eigenvalue weighted by molar-refractivity contribution is 5.79. The largest absolute Gasteiger partial charge is 0.481 e. The van der Waals surface area contributed by atoms with E-state index in [2.05, 4.69) is 0 Å². The normalized spacial score (nSPS) is 23.6. The fourth-order valence-electron chi connectivity index (χ4n) is 3.33. The number of carbonyl (C=O) groups is 2. The highest BCUT2D eigenvalue weighted by Gasteiger charge is 2.59. The molecule has 1 spiro atoms. The van der Waals surface area contributed by atoms with Crippen LogP contribution in [0.2, 0.25) is 0 Å². The molecule has 1 saturated carbocycles. The molecule has 1 atom stereocenters. The Hall–Kier alpha value is -1.84. The average Bonchev–Trinajstić information content (AvgIpc) is 3.15. The maximum absolute atomic E-state index is 12.2. The van der Waals surface area contributed by atoms with Crippen molar-refractivity contribution < 1.29 is 14.7 Å². The van der Waals surface area contributed by atoms with Gasteiger partial charge in [0, 0.05) is 13.1 Å². The van der Waals surface area contributed by atoms with Gasteiger partial charge in [-0.3, -0.25) is 9.59 Å². The van der Waals surface area contributed by atoms with Crippen molar-refractivity contribution >= 4 is 11.9 Å². The summed E-state index contributed by atoms with van der Waals surface area (Å²) in [5.41, 5.74) is 1.03. The first-order chi connectivity index (χ1) is 9.61. The van der Waals surface area contributed by atoms with Crippen molar-refractivity contribution in [2.75, 3.05) is 13.1 Å². The van der Waals surface area contributed by atoms with Crippen molar-refractivity contribution in [3.8, 4) is 0 Å². The molecular formula is C16H19NO3. The lowest BCUT2D eigenvalue weighted by Crippen LogP contribution is -2.40. The number of benzene rings is 1. The molecule has 2 aliphatic rings. The number of carbonyl (C=O) groups excluding carboxylic acids is 1. The first-order valence-corrected chi connectivity index (χ1v) is 7.15. The minimum atomic E-state index is -0.672. The number of piperidine rings is 1. The molecule has 3 rings (SSSR count). The molecule has 4 nitrogen and oxygen atoms in total. The lowest BCUT2D eigenvalue weighted by Gasteiger charge is -2.32. The van der Waals surface area contributed by atoms with E-state index in [1.807, 2.05) is 35.2 Å². The van der Waals surface area contributed by atoms with Crippen LogP contribution in [-0.2, 0) is 16.0 Å². The summed E-state index contributed by atoms with van der Waals surface area (Å²) in [5, 5.41) is 9.06. The van der Waals surface area contributed by atoms with Crippen LogP contribution in [0.5, 0.6) is 0 Å². The predicted octanol–water partition coefficient (Wildman–Crippen LogP) is 1.94. The van der Waals surface area contributed by atoms with Gasteiger partial charge < -0.3 is 10.0 Å². The number of amides is 1. The Morgan fingerprint density at radius 2 is 1.85 bits per heavy atom. The van der Waals surface area contributed by atoms with Crippen LogP contribution in [0.4, 0.5) is 0 Å².